The van der Waals surface area contributed by atoms with Gasteiger partial charge in [0.15, 0.2) is 0 Å². The molecule has 2 aromatic heterocycles. The molecular formula is C23H22F4N4O. The van der Waals surface area contributed by atoms with Crippen molar-refractivity contribution in [1.82, 2.24) is 20.2 Å². The first-order valence-electron chi connectivity index (χ1n) is 10.3. The number of carbonyl (C=O) groups is 1. The van der Waals surface area contributed by atoms with Crippen LogP contribution in [0.2, 0.25) is 0 Å². The largest absolute Gasteiger partial charge is 0.406 e. The number of benzene rings is 1. The Morgan fingerprint density at radius 1 is 1.22 bits per heavy atom. The number of carbonyl (C=O) groups excluding carboxylic acids is 1. The third kappa shape index (κ3) is 5.27. The Bertz CT molecular complexity index is 1110. The maximum absolute atomic E-state index is 13.4. The number of nitrogens with one attached hydrogen (secondary N) is 2. The number of nitrogens with zero attached hydrogens (tertiary/aromatic N) is 2. The normalized spacial score (nSPS) is 16.6. The summed E-state index contributed by atoms with van der Waals surface area (Å²) in [6, 6.07) is 10.4. The van der Waals surface area contributed by atoms with Crippen molar-refractivity contribution in [2.75, 3.05) is 6.54 Å². The number of amides is 1. The smallest absolute Gasteiger partial charge is 0.384 e. The number of aromatic nitrogens is 2. The molecule has 0 radical (unpaired) electrons. The van der Waals surface area contributed by atoms with Crippen LogP contribution in [0.25, 0.3) is 11.0 Å². The molecule has 0 bridgehead atoms. The molecule has 0 saturated heterocycles. The Morgan fingerprint density at radius 3 is 2.81 bits per heavy atom. The van der Waals surface area contributed by atoms with Gasteiger partial charge >= 0.3 is 6.18 Å². The topological polar surface area (TPSA) is 61.0 Å². The average Bonchev–Trinajstić information content (AvgIpc) is 3.20. The summed E-state index contributed by atoms with van der Waals surface area (Å²) in [5, 5.41) is 3.17. The molecule has 0 aliphatic heterocycles. The highest BCUT2D eigenvalue weighted by atomic mass is 19.4. The van der Waals surface area contributed by atoms with Gasteiger partial charge in [0.1, 0.15) is 18.1 Å². The van der Waals surface area contributed by atoms with E-state index in [1.54, 1.807) is 30.5 Å². The summed E-state index contributed by atoms with van der Waals surface area (Å²) in [4.78, 5) is 21.0. The first-order valence-corrected chi connectivity index (χ1v) is 10.3. The highest BCUT2D eigenvalue weighted by molar-refractivity contribution is 5.97. The van der Waals surface area contributed by atoms with Crippen molar-refractivity contribution in [3.63, 3.8) is 0 Å². The zero-order valence-electron chi connectivity index (χ0n) is 17.1. The van der Waals surface area contributed by atoms with Gasteiger partial charge in [0.2, 0.25) is 0 Å². The highest BCUT2D eigenvalue weighted by Gasteiger charge is 2.38. The summed E-state index contributed by atoms with van der Waals surface area (Å²) in [6.07, 6.45) is 0.155. The Labute approximate surface area is 182 Å². The molecule has 3 aromatic rings. The third-order valence-electron chi connectivity index (χ3n) is 5.43. The van der Waals surface area contributed by atoms with E-state index in [0.717, 1.165) is 16.2 Å². The van der Waals surface area contributed by atoms with E-state index in [2.05, 4.69) is 15.3 Å². The first-order chi connectivity index (χ1) is 15.3. The molecule has 5 nitrogen and oxygen atoms in total. The van der Waals surface area contributed by atoms with Crippen LogP contribution in [0.1, 0.15) is 35.3 Å². The Hall–Kier alpha value is -3.36. The second-order valence-corrected chi connectivity index (χ2v) is 7.82. The van der Waals surface area contributed by atoms with Crippen LogP contribution >= 0.6 is 0 Å². The van der Waals surface area contributed by atoms with Crippen molar-refractivity contribution in [3.05, 3.63) is 77.5 Å². The number of allylic oxidation sites excluding steroid dienone is 1. The molecule has 1 aliphatic rings. The number of hydrogen-bond acceptors (Lipinski definition) is 3. The fourth-order valence-electron chi connectivity index (χ4n) is 3.95. The Kier molecular flexibility index (Phi) is 6.16. The lowest BCUT2D eigenvalue weighted by atomic mass is 9.96. The van der Waals surface area contributed by atoms with Crippen LogP contribution in [-0.2, 0) is 6.54 Å². The van der Waals surface area contributed by atoms with Gasteiger partial charge in [-0.05, 0) is 48.7 Å². The van der Waals surface area contributed by atoms with E-state index >= 15 is 0 Å². The van der Waals surface area contributed by atoms with Crippen LogP contribution in [0.15, 0.2) is 60.4 Å². The fraction of sp³-hybridized carbons (Fsp3) is 0.304. The van der Waals surface area contributed by atoms with E-state index < -0.39 is 24.7 Å². The number of hydrogen-bond donors (Lipinski definition) is 2. The number of fused-ring (bicyclic) bond motifs is 1. The molecule has 1 amide bonds. The molecule has 0 saturated carbocycles. The first kappa shape index (κ1) is 21.9. The van der Waals surface area contributed by atoms with Crippen molar-refractivity contribution >= 4 is 16.9 Å². The standard InChI is InChI=1S/C23H22F4N4O/c24-16-5-1-4-15(10-16)13-29-17-6-2-7-18(11-17)31(14-23(25,26)27)22(32)21-12-20-19(30-21)8-3-9-28-20/h1,3-6,8-10,12,18,29-30H,2,7,11,13-14H2. The number of rotatable bonds is 6. The SMILES string of the molecule is O=C(c1cc2ncccc2[nH]1)N(CC(F)(F)F)C1CCC=C(NCc2cccc(F)c2)C1. The second-order valence-electron chi connectivity index (χ2n) is 7.82. The molecule has 1 atom stereocenters. The number of aromatic amines is 1. The number of H-pyrrole nitrogens is 1. The number of alkyl halides is 3. The molecule has 4 rings (SSSR count). The van der Waals surface area contributed by atoms with E-state index in [0.29, 0.717) is 30.4 Å². The average molecular weight is 446 g/mol. The molecular weight excluding hydrogens is 424 g/mol. The minimum absolute atomic E-state index is 0.0757. The van der Waals surface area contributed by atoms with Gasteiger partial charge in [-0.25, -0.2) is 4.39 Å². The van der Waals surface area contributed by atoms with Gasteiger partial charge < -0.3 is 15.2 Å². The van der Waals surface area contributed by atoms with Gasteiger partial charge in [0, 0.05) is 30.9 Å². The van der Waals surface area contributed by atoms with Crippen LogP contribution < -0.4 is 5.32 Å². The van der Waals surface area contributed by atoms with Crippen molar-refractivity contribution < 1.29 is 22.4 Å². The summed E-state index contributed by atoms with van der Waals surface area (Å²) in [6.45, 7) is -0.992. The summed E-state index contributed by atoms with van der Waals surface area (Å²) in [5.41, 5.74) is 2.64. The third-order valence-corrected chi connectivity index (χ3v) is 5.43. The molecule has 1 aliphatic carbocycles. The highest BCUT2D eigenvalue weighted by Crippen LogP contribution is 2.28. The minimum atomic E-state index is -4.53. The summed E-state index contributed by atoms with van der Waals surface area (Å²) >= 11 is 0. The van der Waals surface area contributed by atoms with E-state index in [-0.39, 0.29) is 17.9 Å². The van der Waals surface area contributed by atoms with E-state index in [1.807, 2.05) is 6.08 Å². The van der Waals surface area contributed by atoms with Crippen LogP contribution in [-0.4, -0.2) is 39.5 Å². The minimum Gasteiger partial charge on any atom is -0.384 e. The van der Waals surface area contributed by atoms with Gasteiger partial charge in [-0.15, -0.1) is 0 Å². The van der Waals surface area contributed by atoms with Crippen molar-refractivity contribution in [2.45, 2.75) is 38.0 Å². The summed E-state index contributed by atoms with van der Waals surface area (Å²) in [7, 11) is 0. The van der Waals surface area contributed by atoms with Crippen LogP contribution in [0.4, 0.5) is 17.6 Å². The van der Waals surface area contributed by atoms with Gasteiger partial charge in [-0.1, -0.05) is 18.2 Å². The van der Waals surface area contributed by atoms with Crippen molar-refractivity contribution in [2.24, 2.45) is 0 Å². The Balaban J connectivity index is 1.51. The van der Waals surface area contributed by atoms with Gasteiger partial charge in [0.05, 0.1) is 11.0 Å². The molecule has 1 unspecified atom stereocenters. The van der Waals surface area contributed by atoms with Gasteiger partial charge in [0.25, 0.3) is 5.91 Å². The zero-order chi connectivity index (χ0) is 22.7. The van der Waals surface area contributed by atoms with Crippen molar-refractivity contribution in [1.29, 1.82) is 0 Å². The van der Waals surface area contributed by atoms with E-state index in [9.17, 15) is 22.4 Å². The lowest BCUT2D eigenvalue weighted by Crippen LogP contribution is -2.47. The monoisotopic (exact) mass is 446 g/mol. The van der Waals surface area contributed by atoms with Gasteiger partial charge in [-0.3, -0.25) is 9.78 Å². The van der Waals surface area contributed by atoms with Crippen LogP contribution in [0, 0.1) is 5.82 Å². The van der Waals surface area contributed by atoms with Crippen molar-refractivity contribution in [3.8, 4) is 0 Å². The predicted octanol–water partition coefficient (Wildman–Crippen LogP) is 4.93. The molecule has 32 heavy (non-hydrogen) atoms. The molecule has 1 aromatic carbocycles. The van der Waals surface area contributed by atoms with E-state index in [4.69, 9.17) is 0 Å². The van der Waals surface area contributed by atoms with Gasteiger partial charge in [-0.2, -0.15) is 13.2 Å². The maximum Gasteiger partial charge on any atom is 0.406 e. The molecule has 168 valence electrons. The molecule has 0 spiro atoms. The molecule has 9 heteroatoms. The zero-order valence-corrected chi connectivity index (χ0v) is 17.1. The van der Waals surface area contributed by atoms with E-state index in [1.165, 1.54) is 18.2 Å². The molecule has 2 N–H and O–H groups in total. The molecule has 2 heterocycles. The van der Waals surface area contributed by atoms with Crippen LogP contribution in [0.3, 0.4) is 0 Å². The Morgan fingerprint density at radius 2 is 2.06 bits per heavy atom. The maximum atomic E-state index is 13.4. The number of pyridine rings is 1. The lowest BCUT2D eigenvalue weighted by Gasteiger charge is -2.35. The summed E-state index contributed by atoms with van der Waals surface area (Å²) < 4.78 is 53.5. The predicted molar refractivity (Wildman–Crippen MR) is 112 cm³/mol. The lowest BCUT2D eigenvalue weighted by molar-refractivity contribution is -0.145. The number of halogens is 4. The second kappa shape index (κ2) is 9.02. The molecule has 0 fully saturated rings. The fourth-order valence-corrected chi connectivity index (χ4v) is 3.95. The summed E-state index contributed by atoms with van der Waals surface area (Å²) in [5.74, 6) is -1.06. The van der Waals surface area contributed by atoms with Crippen LogP contribution in [0.5, 0.6) is 0 Å². The quantitative estimate of drug-likeness (QED) is 0.528.